The number of unbranched alkanes of at least 4 members (excludes halogenated alkanes) is 1. The molecule has 1 unspecified atom stereocenters. The highest BCUT2D eigenvalue weighted by Crippen LogP contribution is 2.42. The van der Waals surface area contributed by atoms with Crippen molar-refractivity contribution in [2.75, 3.05) is 32.7 Å². The van der Waals surface area contributed by atoms with Crippen molar-refractivity contribution in [3.05, 3.63) is 0 Å². The van der Waals surface area contributed by atoms with Crippen LogP contribution in [0.4, 0.5) is 0 Å². The Morgan fingerprint density at radius 3 is 2.53 bits per heavy atom. The molecule has 0 spiro atoms. The van der Waals surface area contributed by atoms with E-state index in [4.69, 9.17) is 10.9 Å². The second-order valence-corrected chi connectivity index (χ2v) is 7.15. The molecule has 0 aliphatic carbocycles. The van der Waals surface area contributed by atoms with E-state index < -0.39 is 17.7 Å². The Labute approximate surface area is 102 Å². The minimum absolute atomic E-state index is 0.140. The summed E-state index contributed by atoms with van der Waals surface area (Å²) < 4.78 is 47.6. The maximum absolute atomic E-state index is 11.3. The lowest BCUT2D eigenvalue weighted by atomic mass is 10.4. The van der Waals surface area contributed by atoms with E-state index in [2.05, 4.69) is 14.6 Å². The van der Waals surface area contributed by atoms with Gasteiger partial charge in [-0.25, -0.2) is 0 Å². The molecule has 0 N–H and O–H groups in total. The van der Waals surface area contributed by atoms with Crippen LogP contribution in [0.25, 0.3) is 0 Å². The molecule has 0 aromatic rings. The van der Waals surface area contributed by atoms with Crippen LogP contribution in [0.2, 0.25) is 0 Å². The van der Waals surface area contributed by atoms with Gasteiger partial charge in [-0.3, -0.25) is 8.75 Å². The van der Waals surface area contributed by atoms with Crippen molar-refractivity contribution < 1.29 is 26.2 Å². The summed E-state index contributed by atoms with van der Waals surface area (Å²) in [6.45, 7) is 1.26. The van der Waals surface area contributed by atoms with Gasteiger partial charge in [0.15, 0.2) is 0 Å². The topological polar surface area (TPSA) is 78.9 Å². The Hall–Kier alpha value is -0.380. The van der Waals surface area contributed by atoms with Gasteiger partial charge in [-0.2, -0.15) is 8.42 Å². The third kappa shape index (κ3) is 9.33. The second kappa shape index (κ2) is 7.85. The van der Waals surface area contributed by atoms with Crippen LogP contribution in [-0.2, 0) is 27.9 Å². The van der Waals surface area contributed by atoms with Crippen molar-refractivity contribution >= 4 is 17.7 Å². The molecule has 0 aromatic carbocycles. The minimum atomic E-state index is -3.56. The van der Waals surface area contributed by atoms with Gasteiger partial charge in [0.05, 0.1) is 12.4 Å². The van der Waals surface area contributed by atoms with Crippen molar-refractivity contribution in [1.82, 2.24) is 0 Å². The minimum Gasteiger partial charge on any atom is -0.312 e. The first-order chi connectivity index (χ1) is 7.83. The van der Waals surface area contributed by atoms with E-state index in [1.165, 1.54) is 13.8 Å². The first kappa shape index (κ1) is 16.6. The van der Waals surface area contributed by atoms with Crippen LogP contribution < -0.4 is 0 Å². The summed E-state index contributed by atoms with van der Waals surface area (Å²) in [5.41, 5.74) is 0. The molecule has 0 aliphatic heterocycles. The van der Waals surface area contributed by atoms with Crippen LogP contribution in [0.3, 0.4) is 0 Å². The van der Waals surface area contributed by atoms with Gasteiger partial charge >= 0.3 is 7.60 Å². The molecule has 0 bridgehead atoms. The predicted molar refractivity (Wildman–Crippen MR) is 64.3 cm³/mol. The molecule has 0 radical (unpaired) electrons. The van der Waals surface area contributed by atoms with E-state index in [0.29, 0.717) is 12.8 Å². The molecule has 0 saturated heterocycles. The molecule has 0 amide bonds. The van der Waals surface area contributed by atoms with Crippen LogP contribution in [0.1, 0.15) is 12.8 Å². The summed E-state index contributed by atoms with van der Waals surface area (Å²) >= 11 is 0. The molecule has 0 fully saturated rings. The third-order valence-electron chi connectivity index (χ3n) is 1.77. The summed E-state index contributed by atoms with van der Waals surface area (Å²) in [6.07, 6.45) is 5.66. The van der Waals surface area contributed by atoms with E-state index in [-0.39, 0.29) is 19.0 Å². The first-order valence-corrected chi connectivity index (χ1v) is 8.48. The summed E-state index contributed by atoms with van der Waals surface area (Å²) in [7, 11) is -5.25. The fourth-order valence-corrected chi connectivity index (χ4v) is 2.34. The average Bonchev–Trinajstić information content (AvgIpc) is 2.26. The maximum atomic E-state index is 11.3. The Morgan fingerprint density at radius 2 is 2.00 bits per heavy atom. The summed E-state index contributed by atoms with van der Waals surface area (Å²) in [6, 6.07) is 0. The number of rotatable bonds is 9. The lowest BCUT2D eigenvalue weighted by Gasteiger charge is -2.10. The lowest BCUT2D eigenvalue weighted by molar-refractivity contribution is 0.235. The standard InChI is InChI=1S/C9H17O6PS/c1-4-7-15-17(11,12)9-6-5-8-14-16(3,10)13-2/h1H,5-9H2,2-3H3. The van der Waals surface area contributed by atoms with E-state index in [1.54, 1.807) is 0 Å². The zero-order chi connectivity index (χ0) is 13.4. The van der Waals surface area contributed by atoms with Gasteiger partial charge in [-0.15, -0.1) is 6.42 Å². The molecule has 0 aliphatic rings. The van der Waals surface area contributed by atoms with Crippen molar-refractivity contribution in [1.29, 1.82) is 0 Å². The second-order valence-electron chi connectivity index (χ2n) is 3.22. The highest BCUT2D eigenvalue weighted by atomic mass is 32.2. The number of hydrogen-bond donors (Lipinski definition) is 0. The molecule has 1 atom stereocenters. The Bertz CT molecular complexity index is 396. The summed E-state index contributed by atoms with van der Waals surface area (Å²) in [4.78, 5) is 0. The molecule has 0 aromatic heterocycles. The third-order valence-corrected chi connectivity index (χ3v) is 4.35. The lowest BCUT2D eigenvalue weighted by Crippen LogP contribution is -2.11. The molecule has 8 heteroatoms. The van der Waals surface area contributed by atoms with Crippen LogP contribution in [0.15, 0.2) is 0 Å². The highest BCUT2D eigenvalue weighted by molar-refractivity contribution is 7.86. The average molecular weight is 284 g/mol. The summed E-state index contributed by atoms with van der Waals surface area (Å²) in [5, 5.41) is 0. The van der Waals surface area contributed by atoms with E-state index >= 15 is 0 Å². The van der Waals surface area contributed by atoms with Crippen molar-refractivity contribution in [2.45, 2.75) is 12.8 Å². The molecule has 0 rings (SSSR count). The normalized spacial score (nSPS) is 15.1. The molecular formula is C9H17O6PS. The molecule has 17 heavy (non-hydrogen) atoms. The number of hydrogen-bond acceptors (Lipinski definition) is 6. The fourth-order valence-electron chi connectivity index (χ4n) is 0.847. The Morgan fingerprint density at radius 1 is 1.35 bits per heavy atom. The van der Waals surface area contributed by atoms with Gasteiger partial charge in [0.25, 0.3) is 10.1 Å². The molecular weight excluding hydrogens is 267 g/mol. The maximum Gasteiger partial charge on any atom is 0.327 e. The number of terminal acetylenes is 1. The predicted octanol–water partition coefficient (Wildman–Crippen LogP) is 1.23. The van der Waals surface area contributed by atoms with Gasteiger partial charge in [0.1, 0.15) is 6.61 Å². The first-order valence-electron chi connectivity index (χ1n) is 4.91. The Balaban J connectivity index is 3.72. The van der Waals surface area contributed by atoms with E-state index in [9.17, 15) is 13.0 Å². The van der Waals surface area contributed by atoms with Crippen LogP contribution in [0.5, 0.6) is 0 Å². The van der Waals surface area contributed by atoms with Crippen LogP contribution >= 0.6 is 7.60 Å². The van der Waals surface area contributed by atoms with Gasteiger partial charge in [0, 0.05) is 13.8 Å². The quantitative estimate of drug-likeness (QED) is 0.274. The SMILES string of the molecule is C#CCOS(=O)(=O)CCCCOP(C)(=O)OC. The largest absolute Gasteiger partial charge is 0.327 e. The van der Waals surface area contributed by atoms with Gasteiger partial charge in [-0.05, 0) is 12.8 Å². The fraction of sp³-hybridized carbons (Fsp3) is 0.778. The van der Waals surface area contributed by atoms with Crippen molar-refractivity contribution in [3.63, 3.8) is 0 Å². The smallest absolute Gasteiger partial charge is 0.312 e. The zero-order valence-corrected chi connectivity index (χ0v) is 11.6. The van der Waals surface area contributed by atoms with Gasteiger partial charge < -0.3 is 9.05 Å². The van der Waals surface area contributed by atoms with Crippen LogP contribution in [0, 0.1) is 12.3 Å². The van der Waals surface area contributed by atoms with E-state index in [1.807, 2.05) is 0 Å². The van der Waals surface area contributed by atoms with Crippen LogP contribution in [-0.4, -0.2) is 41.2 Å². The monoisotopic (exact) mass is 284 g/mol. The van der Waals surface area contributed by atoms with Gasteiger partial charge in [0.2, 0.25) is 0 Å². The summed E-state index contributed by atoms with van der Waals surface area (Å²) in [5.74, 6) is 1.93. The van der Waals surface area contributed by atoms with Gasteiger partial charge in [-0.1, -0.05) is 5.92 Å². The zero-order valence-electron chi connectivity index (χ0n) is 9.92. The molecule has 0 heterocycles. The Kier molecular flexibility index (Phi) is 7.68. The van der Waals surface area contributed by atoms with Crippen molar-refractivity contribution in [2.24, 2.45) is 0 Å². The molecule has 0 saturated carbocycles. The van der Waals surface area contributed by atoms with E-state index in [0.717, 1.165) is 0 Å². The van der Waals surface area contributed by atoms with Crippen molar-refractivity contribution in [3.8, 4) is 12.3 Å². The highest BCUT2D eigenvalue weighted by Gasteiger charge is 2.14. The molecule has 100 valence electrons. The molecule has 6 nitrogen and oxygen atoms in total.